The molecule has 4 rings (SSSR count). The lowest BCUT2D eigenvalue weighted by molar-refractivity contribution is -0.674. The highest BCUT2D eigenvalue weighted by Crippen LogP contribution is 2.47. The van der Waals surface area contributed by atoms with Gasteiger partial charge in [0.25, 0.3) is 0 Å². The van der Waals surface area contributed by atoms with Crippen LogP contribution in [-0.2, 0) is 33.2 Å². The molecule has 214 valence electrons. The Labute approximate surface area is 247 Å². The highest BCUT2D eigenvalue weighted by molar-refractivity contribution is 8.00. The van der Waals surface area contributed by atoms with Crippen molar-refractivity contribution in [3.8, 4) is 0 Å². The average Bonchev–Trinajstić information content (AvgIpc) is 3.34. The normalized spacial score (nSPS) is 16.6. The Morgan fingerprint density at radius 3 is 2.36 bits per heavy atom. The molecule has 2 atom stereocenters. The van der Waals surface area contributed by atoms with E-state index in [1.807, 2.05) is 36.4 Å². The molecule has 0 aliphatic carbocycles. The summed E-state index contributed by atoms with van der Waals surface area (Å²) in [6, 6.07) is 11.3. The van der Waals surface area contributed by atoms with Gasteiger partial charge in [0.05, 0.1) is 31.3 Å². The van der Waals surface area contributed by atoms with E-state index in [2.05, 4.69) is 16.4 Å². The van der Waals surface area contributed by atoms with Crippen molar-refractivity contribution in [1.82, 2.24) is 0 Å². The Bertz CT molecular complexity index is 1550. The van der Waals surface area contributed by atoms with Gasteiger partial charge in [0, 0.05) is 51.9 Å². The van der Waals surface area contributed by atoms with Gasteiger partial charge in [-0.05, 0) is 49.1 Å². The third-order valence-electron chi connectivity index (χ3n) is 6.73. The number of thiazole rings is 1. The van der Waals surface area contributed by atoms with Gasteiger partial charge in [-0.1, -0.05) is 59.6 Å². The maximum Gasteiger partial charge on any atom is 0.238 e. The third kappa shape index (κ3) is 8.45. The van der Waals surface area contributed by atoms with Gasteiger partial charge in [0.2, 0.25) is 10.5 Å². The zero-order valence-corrected chi connectivity index (χ0v) is 26.0. The van der Waals surface area contributed by atoms with Crippen molar-refractivity contribution in [2.45, 2.75) is 55.8 Å². The van der Waals surface area contributed by atoms with Crippen molar-refractivity contribution >= 4 is 82.4 Å². The fraction of sp³-hybridized carbons (Fsp3) is 0.480. The summed E-state index contributed by atoms with van der Waals surface area (Å²) < 4.78 is 70.4. The molecule has 0 saturated carbocycles. The number of benzene rings is 2. The molecule has 0 fully saturated rings. The number of anilines is 1. The number of aromatic nitrogens is 1. The molecule has 2 heterocycles. The van der Waals surface area contributed by atoms with Gasteiger partial charge in [-0.3, -0.25) is 0 Å². The summed E-state index contributed by atoms with van der Waals surface area (Å²) in [5.41, 5.74) is 1.86. The van der Waals surface area contributed by atoms with E-state index in [9.17, 15) is 25.9 Å². The second kappa shape index (κ2) is 12.8. The molecule has 39 heavy (non-hydrogen) atoms. The molecule has 0 saturated heterocycles. The first-order valence-electron chi connectivity index (χ1n) is 12.5. The van der Waals surface area contributed by atoms with Crippen LogP contribution in [0, 0.1) is 5.92 Å². The van der Waals surface area contributed by atoms with Gasteiger partial charge in [-0.2, -0.15) is 4.57 Å². The number of nitrogens with zero attached hydrogens (tertiary/aromatic N) is 2. The Hall–Kier alpha value is -1.12. The maximum atomic E-state index is 11.2. The first kappa shape index (κ1) is 30.8. The van der Waals surface area contributed by atoms with Crippen molar-refractivity contribution < 1.29 is 30.5 Å². The molecule has 1 aliphatic heterocycles. The van der Waals surface area contributed by atoms with Crippen LogP contribution in [0.2, 0.25) is 10.0 Å². The van der Waals surface area contributed by atoms with Crippen LogP contribution < -0.4 is 9.47 Å². The van der Waals surface area contributed by atoms with E-state index < -0.39 is 31.7 Å². The first-order chi connectivity index (χ1) is 18.3. The van der Waals surface area contributed by atoms with Crippen LogP contribution in [0.1, 0.15) is 37.6 Å². The summed E-state index contributed by atoms with van der Waals surface area (Å²) in [7, 11) is -8.61. The number of fused-ring (bicyclic) bond motifs is 2. The molecule has 1 aliphatic rings. The average molecular weight is 653 g/mol. The predicted molar refractivity (Wildman–Crippen MR) is 156 cm³/mol. The molecular weight excluding hydrogens is 623 g/mol. The monoisotopic (exact) mass is 651 g/mol. The van der Waals surface area contributed by atoms with Crippen LogP contribution >= 0.6 is 46.3 Å². The van der Waals surface area contributed by atoms with Gasteiger partial charge in [-0.15, -0.1) is 0 Å². The van der Waals surface area contributed by atoms with Gasteiger partial charge in [0.1, 0.15) is 4.70 Å². The number of halogens is 2. The highest BCUT2D eigenvalue weighted by Gasteiger charge is 2.33. The number of hydrogen-bond acceptors (Lipinski definition) is 9. The van der Waals surface area contributed by atoms with Crippen LogP contribution in [0.15, 0.2) is 41.3 Å². The SMILES string of the molecule is CCC(Cc1sc2ccc(Cl)cc2[n+]1CCCS(=O)(=O)[O-])CC1Sc2ccc(Cl)cc2N1CCCS(=O)(=O)[O-]. The van der Waals surface area contributed by atoms with E-state index in [4.69, 9.17) is 23.2 Å². The van der Waals surface area contributed by atoms with Crippen LogP contribution in [-0.4, -0.2) is 49.4 Å². The summed E-state index contributed by atoms with van der Waals surface area (Å²) in [6.07, 6.45) is 2.88. The van der Waals surface area contributed by atoms with Crippen molar-refractivity contribution in [2.75, 3.05) is 23.0 Å². The second-order valence-corrected chi connectivity index (χ2v) is 15.8. The topological polar surface area (TPSA) is 122 Å². The summed E-state index contributed by atoms with van der Waals surface area (Å²) in [6.45, 7) is 2.95. The third-order valence-corrected chi connectivity index (χ3v) is 11.3. The summed E-state index contributed by atoms with van der Waals surface area (Å²) in [5, 5.41) is 2.29. The minimum Gasteiger partial charge on any atom is -0.748 e. The standard InChI is InChI=1S/C25H30Cl2N2O6S4/c1-2-17(13-24-28(9-3-11-38(30,31)32)20-15-18(26)5-7-22(20)36-24)14-25-29(10-4-12-39(33,34)35)21-16-19(27)6-8-23(21)37-25/h5-8,15-17,24H,2-4,9-14H2,1H3,(H-,30,31,32,33,34,35)/p-1. The van der Waals surface area contributed by atoms with Crippen LogP contribution in [0.25, 0.3) is 10.2 Å². The highest BCUT2D eigenvalue weighted by atomic mass is 35.5. The predicted octanol–water partition coefficient (Wildman–Crippen LogP) is 5.26. The molecule has 0 N–H and O–H groups in total. The lowest BCUT2D eigenvalue weighted by Crippen LogP contribution is -2.39. The van der Waals surface area contributed by atoms with Crippen LogP contribution in [0.3, 0.4) is 0 Å². The largest absolute Gasteiger partial charge is 0.748 e. The zero-order valence-electron chi connectivity index (χ0n) is 21.2. The molecule has 0 bridgehead atoms. The molecule has 2 aromatic carbocycles. The number of hydrogen-bond donors (Lipinski definition) is 0. The van der Waals surface area contributed by atoms with Crippen molar-refractivity contribution in [2.24, 2.45) is 5.92 Å². The fourth-order valence-electron chi connectivity index (χ4n) is 4.86. The molecule has 3 aromatic rings. The minimum absolute atomic E-state index is 0.0423. The Balaban J connectivity index is 1.56. The maximum absolute atomic E-state index is 11.2. The smallest absolute Gasteiger partial charge is 0.238 e. The van der Waals surface area contributed by atoms with E-state index >= 15 is 0 Å². The molecule has 2 unspecified atom stereocenters. The van der Waals surface area contributed by atoms with E-state index in [0.717, 1.165) is 45.1 Å². The lowest BCUT2D eigenvalue weighted by Gasteiger charge is -2.29. The molecule has 1 aromatic heterocycles. The van der Waals surface area contributed by atoms with Crippen LogP contribution in [0.5, 0.6) is 0 Å². The summed E-state index contributed by atoms with van der Waals surface area (Å²) >= 11 is 15.9. The summed E-state index contributed by atoms with van der Waals surface area (Å²) in [5.74, 6) is -0.587. The molecule has 0 amide bonds. The van der Waals surface area contributed by atoms with Crippen molar-refractivity contribution in [3.63, 3.8) is 0 Å². The zero-order chi connectivity index (χ0) is 28.4. The second-order valence-electron chi connectivity index (χ2n) is 9.58. The van der Waals surface area contributed by atoms with Crippen molar-refractivity contribution in [1.29, 1.82) is 0 Å². The number of thioether (sulfide) groups is 1. The molecule has 0 radical (unpaired) electrons. The fourth-order valence-corrected chi connectivity index (χ4v) is 8.89. The number of aryl methyl sites for hydroxylation is 1. The van der Waals surface area contributed by atoms with Gasteiger partial charge in [0.15, 0.2) is 6.54 Å². The molecule has 14 heteroatoms. The minimum atomic E-state index is -4.31. The molecular formula is C25H29Cl2N2O6S4-. The lowest BCUT2D eigenvalue weighted by atomic mass is 9.98. The van der Waals surface area contributed by atoms with E-state index in [0.29, 0.717) is 23.1 Å². The quantitative estimate of drug-likeness (QED) is 0.181. The Kier molecular flexibility index (Phi) is 10.1. The Morgan fingerprint density at radius 1 is 1.00 bits per heavy atom. The Morgan fingerprint density at radius 2 is 1.67 bits per heavy atom. The number of rotatable bonds is 13. The van der Waals surface area contributed by atoms with Gasteiger partial charge >= 0.3 is 0 Å². The van der Waals surface area contributed by atoms with E-state index in [1.165, 1.54) is 0 Å². The van der Waals surface area contributed by atoms with E-state index in [-0.39, 0.29) is 24.1 Å². The summed E-state index contributed by atoms with van der Waals surface area (Å²) in [4.78, 5) is 3.21. The molecule has 0 spiro atoms. The van der Waals surface area contributed by atoms with Crippen molar-refractivity contribution in [3.05, 3.63) is 51.5 Å². The first-order valence-corrected chi connectivity index (χ1v) is 18.1. The van der Waals surface area contributed by atoms with Gasteiger partial charge < -0.3 is 14.0 Å². The van der Waals surface area contributed by atoms with Crippen LogP contribution in [0.4, 0.5) is 5.69 Å². The van der Waals surface area contributed by atoms with E-state index in [1.54, 1.807) is 23.1 Å². The molecule has 8 nitrogen and oxygen atoms in total. The van der Waals surface area contributed by atoms with Gasteiger partial charge in [-0.25, -0.2) is 16.8 Å².